The normalized spacial score (nSPS) is 14.9. The Hall–Kier alpha value is -6.10. The lowest BCUT2D eigenvalue weighted by atomic mass is 10.1. The molecule has 0 aromatic rings. The van der Waals surface area contributed by atoms with Crippen LogP contribution in [0.3, 0.4) is 0 Å². The van der Waals surface area contributed by atoms with Crippen molar-refractivity contribution in [1.82, 2.24) is 0 Å². The number of carbonyl (C=O) groups is 4. The van der Waals surface area contributed by atoms with Gasteiger partial charge >= 0.3 is 39.5 Å². The third kappa shape index (κ3) is 76.1. The summed E-state index contributed by atoms with van der Waals surface area (Å²) in [6.45, 7) is 4.20. The third-order valence-corrected chi connectivity index (χ3v) is 17.5. The minimum atomic E-state index is -5.03. The molecule has 0 radical (unpaired) electrons. The summed E-state index contributed by atoms with van der Waals surface area (Å²) in [4.78, 5) is 73.0. The van der Waals surface area contributed by atoms with Gasteiger partial charge in [0.2, 0.25) is 0 Å². The second-order valence-electron chi connectivity index (χ2n) is 25.5. The average molecular weight is 1520 g/mol. The number of rotatable bonds is 72. The van der Waals surface area contributed by atoms with Crippen molar-refractivity contribution in [3.8, 4) is 0 Å². The van der Waals surface area contributed by atoms with E-state index < -0.39 is 97.5 Å². The summed E-state index contributed by atoms with van der Waals surface area (Å²) < 4.78 is 68.4. The van der Waals surface area contributed by atoms with E-state index in [2.05, 4.69) is 186 Å². The van der Waals surface area contributed by atoms with Crippen molar-refractivity contribution in [2.24, 2.45) is 0 Å². The zero-order valence-electron chi connectivity index (χ0n) is 65.3. The van der Waals surface area contributed by atoms with Gasteiger partial charge in [0.25, 0.3) is 0 Å². The zero-order chi connectivity index (χ0) is 77.4. The summed E-state index contributed by atoms with van der Waals surface area (Å²) >= 11 is 0. The number of esters is 4. The van der Waals surface area contributed by atoms with E-state index >= 15 is 0 Å². The number of phosphoric acid groups is 2. The van der Waals surface area contributed by atoms with Gasteiger partial charge in [-0.2, -0.15) is 0 Å². The second kappa shape index (κ2) is 77.1. The van der Waals surface area contributed by atoms with Crippen LogP contribution in [-0.4, -0.2) is 96.7 Å². The Morgan fingerprint density at radius 3 is 0.830 bits per heavy atom. The van der Waals surface area contributed by atoms with Gasteiger partial charge in [-0.3, -0.25) is 37.3 Å². The molecule has 0 fully saturated rings. The van der Waals surface area contributed by atoms with Crippen molar-refractivity contribution >= 4 is 39.5 Å². The lowest BCUT2D eigenvalue weighted by Crippen LogP contribution is -2.30. The molecular weight excluding hydrogens is 1380 g/mol. The number of carbonyl (C=O) groups excluding carboxylic acids is 4. The van der Waals surface area contributed by atoms with Crippen LogP contribution in [0, 0.1) is 0 Å². The number of phosphoric ester groups is 2. The van der Waals surface area contributed by atoms with Gasteiger partial charge in [-0.15, -0.1) is 0 Å². The van der Waals surface area contributed by atoms with Crippen LogP contribution in [-0.2, 0) is 65.4 Å². The Balaban J connectivity index is 5.51. The van der Waals surface area contributed by atoms with Gasteiger partial charge in [0.1, 0.15) is 19.3 Å². The minimum Gasteiger partial charge on any atom is -0.462 e. The smallest absolute Gasteiger partial charge is 0.462 e. The van der Waals surface area contributed by atoms with E-state index in [4.69, 9.17) is 37.0 Å². The van der Waals surface area contributed by atoms with Gasteiger partial charge in [-0.25, -0.2) is 9.13 Å². The first-order valence-corrected chi connectivity index (χ1v) is 42.7. The Kier molecular flexibility index (Phi) is 72.6. The van der Waals surface area contributed by atoms with Crippen LogP contribution in [0.25, 0.3) is 0 Å². The highest BCUT2D eigenvalue weighted by atomic mass is 31.2. The SMILES string of the molecule is CC/C=C\C/C=C\C/C=C\C/C=C\C/C=C\CCCC(=O)OCC(COP(=O)(O)OCC(O)COP(=O)(O)OCC(COC(=O)CCCCCCCCC/C=C\C/C=C\C/C=C\CC)OC(=O)CCCCCCCCC/C=C\C/C=C\C/C=C\CC)OC(=O)C/C=C\C/C=C\C/C=C\C/C=C\C/C=C\CC. The zero-order valence-corrected chi connectivity index (χ0v) is 67.1. The van der Waals surface area contributed by atoms with Gasteiger partial charge in [0, 0.05) is 19.3 Å². The molecule has 17 nitrogen and oxygen atoms in total. The number of aliphatic hydroxyl groups excluding tert-OH is 1. The van der Waals surface area contributed by atoms with Crippen LogP contribution in [0.1, 0.15) is 272 Å². The van der Waals surface area contributed by atoms with Crippen LogP contribution in [0.4, 0.5) is 0 Å². The predicted molar refractivity (Wildman–Crippen MR) is 436 cm³/mol. The third-order valence-electron chi connectivity index (χ3n) is 15.6. The van der Waals surface area contributed by atoms with E-state index in [0.717, 1.165) is 186 Å². The number of aliphatic hydroxyl groups is 1. The van der Waals surface area contributed by atoms with Gasteiger partial charge in [-0.1, -0.05) is 286 Å². The van der Waals surface area contributed by atoms with E-state index in [1.54, 1.807) is 12.2 Å². The molecule has 0 saturated heterocycles. The van der Waals surface area contributed by atoms with Crippen molar-refractivity contribution in [3.05, 3.63) is 194 Å². The van der Waals surface area contributed by atoms with Crippen molar-refractivity contribution in [2.75, 3.05) is 39.6 Å². The molecule has 106 heavy (non-hydrogen) atoms. The minimum absolute atomic E-state index is 0.0559. The number of unbranched alkanes of at least 4 members (excludes halogenated alkanes) is 15. The standard InChI is InChI=1S/C87H138O17P2/c1-5-9-13-17-21-25-29-33-37-40-44-47-51-55-59-63-67-71-84(89)97-77-82(103-86(91)73-69-65-61-57-53-49-43-36-32-28-24-20-16-12-8-4)79-101-105(93,94)99-75-81(88)76-100-106(95,96)102-80-83(104-87(92)74-70-66-62-58-54-50-46-42-39-35-31-27-23-19-15-11-7-3)78-98-85(90)72-68-64-60-56-52-48-45-41-38-34-30-26-22-18-14-10-6-2/h9-16,21-28,33-39,43-44,47,53,55,57,59,65,69,81-83,88H,5-8,17-20,29-32,40-42,45-46,48-52,54,56,58,60-64,66-68,70-80H2,1-4H3,(H,93,94)(H,95,96)/b13-9-,14-10-,15-11-,16-12-,25-21-,26-22-,27-23-,28-24-,37-33-,38-34-,39-35-,43-36-,47-44-,57-53-,59-55-,69-65-. The summed E-state index contributed by atoms with van der Waals surface area (Å²) in [6.07, 6.45) is 94.5. The molecule has 19 heteroatoms. The maximum Gasteiger partial charge on any atom is 0.472 e. The molecule has 0 aliphatic heterocycles. The highest BCUT2D eigenvalue weighted by Gasteiger charge is 2.30. The molecule has 0 spiro atoms. The highest BCUT2D eigenvalue weighted by molar-refractivity contribution is 7.47. The van der Waals surface area contributed by atoms with Crippen molar-refractivity contribution in [1.29, 1.82) is 0 Å². The quantitative estimate of drug-likeness (QED) is 0.0169. The van der Waals surface area contributed by atoms with Crippen molar-refractivity contribution in [3.63, 3.8) is 0 Å². The molecule has 0 aromatic heterocycles. The van der Waals surface area contributed by atoms with Crippen molar-refractivity contribution in [2.45, 2.75) is 290 Å². The van der Waals surface area contributed by atoms with E-state index in [1.807, 2.05) is 24.3 Å². The molecule has 0 aliphatic rings. The van der Waals surface area contributed by atoms with Crippen molar-refractivity contribution < 1.29 is 80.2 Å². The van der Waals surface area contributed by atoms with E-state index in [1.165, 1.54) is 0 Å². The Morgan fingerprint density at radius 2 is 0.509 bits per heavy atom. The monoisotopic (exact) mass is 1520 g/mol. The maximum atomic E-state index is 13.1. The maximum absolute atomic E-state index is 13.1. The first kappa shape index (κ1) is 99.9. The summed E-state index contributed by atoms with van der Waals surface area (Å²) in [5.41, 5.74) is 0. The van der Waals surface area contributed by atoms with E-state index in [-0.39, 0.29) is 25.7 Å². The summed E-state index contributed by atoms with van der Waals surface area (Å²) in [5.74, 6) is -2.43. The largest absolute Gasteiger partial charge is 0.472 e. The molecule has 3 N–H and O–H groups in total. The molecule has 0 rings (SSSR count). The Labute approximate surface area is 640 Å². The molecule has 0 aromatic carbocycles. The predicted octanol–water partition coefficient (Wildman–Crippen LogP) is 23.3. The number of allylic oxidation sites excluding steroid dienone is 31. The molecule has 5 unspecified atom stereocenters. The van der Waals surface area contributed by atoms with Gasteiger partial charge in [-0.05, 0) is 154 Å². The topological polar surface area (TPSA) is 237 Å². The summed E-state index contributed by atoms with van der Waals surface area (Å²) in [5, 5.41) is 10.6. The second-order valence-corrected chi connectivity index (χ2v) is 28.4. The molecular formula is C87H138O17P2. The number of hydrogen-bond acceptors (Lipinski definition) is 15. The Morgan fingerprint density at radius 1 is 0.274 bits per heavy atom. The lowest BCUT2D eigenvalue weighted by Gasteiger charge is -2.21. The summed E-state index contributed by atoms with van der Waals surface area (Å²) in [7, 11) is -10.0. The van der Waals surface area contributed by atoms with Crippen LogP contribution >= 0.6 is 15.6 Å². The van der Waals surface area contributed by atoms with Crippen LogP contribution in [0.5, 0.6) is 0 Å². The highest BCUT2D eigenvalue weighted by Crippen LogP contribution is 2.45. The number of hydrogen-bond donors (Lipinski definition) is 3. The average Bonchev–Trinajstić information content (AvgIpc) is 0.901. The number of ether oxygens (including phenoxy) is 4. The summed E-state index contributed by atoms with van der Waals surface area (Å²) in [6, 6.07) is 0. The van der Waals surface area contributed by atoms with E-state index in [9.17, 15) is 43.2 Å². The fourth-order valence-electron chi connectivity index (χ4n) is 9.71. The fourth-order valence-corrected chi connectivity index (χ4v) is 11.3. The first-order chi connectivity index (χ1) is 51.7. The molecule has 0 aliphatic carbocycles. The van der Waals surface area contributed by atoms with E-state index in [0.29, 0.717) is 32.1 Å². The molecule has 5 atom stereocenters. The van der Waals surface area contributed by atoms with Crippen LogP contribution in [0.15, 0.2) is 194 Å². The van der Waals surface area contributed by atoms with Gasteiger partial charge in [0.15, 0.2) is 12.2 Å². The molecule has 0 heterocycles. The van der Waals surface area contributed by atoms with Crippen LogP contribution < -0.4 is 0 Å². The van der Waals surface area contributed by atoms with Crippen LogP contribution in [0.2, 0.25) is 0 Å². The Bertz CT molecular complexity index is 2780. The lowest BCUT2D eigenvalue weighted by molar-refractivity contribution is -0.161. The molecule has 598 valence electrons. The fraction of sp³-hybridized carbons (Fsp3) is 0.586. The molecule has 0 saturated carbocycles. The first-order valence-electron chi connectivity index (χ1n) is 39.7. The molecule has 0 bridgehead atoms. The van der Waals surface area contributed by atoms with Gasteiger partial charge in [0.05, 0.1) is 32.8 Å². The van der Waals surface area contributed by atoms with Gasteiger partial charge < -0.3 is 33.8 Å². The molecule has 0 amide bonds.